The molecule has 3 nitrogen and oxygen atoms in total. The molecule has 43 heavy (non-hydrogen) atoms. The maximum atomic E-state index is 12.9. The highest BCUT2D eigenvalue weighted by molar-refractivity contribution is 5.95. The molecular formula is C40H56O3. The summed E-state index contributed by atoms with van der Waals surface area (Å²) < 4.78 is 0. The maximum Gasteiger partial charge on any atom is 0.162 e. The molecule has 0 radical (unpaired) electrons. The van der Waals surface area contributed by atoms with E-state index in [-0.39, 0.29) is 22.7 Å². The van der Waals surface area contributed by atoms with Crippen LogP contribution in [0, 0.1) is 16.2 Å². The molecule has 3 atom stereocenters. The van der Waals surface area contributed by atoms with E-state index in [9.17, 15) is 15.0 Å². The molecule has 0 heterocycles. The van der Waals surface area contributed by atoms with Gasteiger partial charge in [0.05, 0.1) is 12.2 Å². The van der Waals surface area contributed by atoms with E-state index in [2.05, 4.69) is 97.9 Å². The summed E-state index contributed by atoms with van der Waals surface area (Å²) in [4.78, 5) is 12.9. The van der Waals surface area contributed by atoms with Gasteiger partial charge in [0.2, 0.25) is 0 Å². The lowest BCUT2D eigenvalue weighted by atomic mass is 9.66. The van der Waals surface area contributed by atoms with Crippen molar-refractivity contribution in [1.82, 2.24) is 0 Å². The van der Waals surface area contributed by atoms with E-state index in [1.165, 1.54) is 16.7 Å². The van der Waals surface area contributed by atoms with E-state index in [1.54, 1.807) is 6.08 Å². The van der Waals surface area contributed by atoms with Crippen LogP contribution in [-0.2, 0) is 4.79 Å². The number of ketones is 1. The van der Waals surface area contributed by atoms with Gasteiger partial charge >= 0.3 is 0 Å². The summed E-state index contributed by atoms with van der Waals surface area (Å²) in [5.74, 6) is 0.0853. The van der Waals surface area contributed by atoms with Crippen LogP contribution in [0.5, 0.6) is 0 Å². The molecule has 0 aromatic rings. The second-order valence-corrected chi connectivity index (χ2v) is 14.2. The van der Waals surface area contributed by atoms with Crippen LogP contribution in [0.1, 0.15) is 94.9 Å². The molecule has 2 aliphatic carbocycles. The lowest BCUT2D eigenvalue weighted by Gasteiger charge is -2.35. The van der Waals surface area contributed by atoms with Crippen molar-refractivity contribution >= 4 is 5.78 Å². The standard InChI is InChI=1S/C40H56O3/c1-29(17-13-19-31(3)21-23-36-33(5)25-34(41)26-38(36,6)7)15-11-12-16-30(2)18-14-20-32(4)22-24-37(43)40(10)28-35(42)27-39(40,8)9/h11-24,34-35,41-42H,25-28H2,1-10H3/b12-11+,17-13+,18-14+,23-21+,24-22+,29-15+,30-16+,31-19+,32-20+/t34-,35+,40+/m0/s1. The molecule has 0 spiro atoms. The first-order valence-electron chi connectivity index (χ1n) is 15.7. The van der Waals surface area contributed by atoms with E-state index in [0.29, 0.717) is 12.8 Å². The molecule has 0 aromatic carbocycles. The molecular weight excluding hydrogens is 528 g/mol. The molecule has 0 amide bonds. The molecule has 2 rings (SSSR count). The fraction of sp³-hybridized carbons (Fsp3) is 0.475. The Labute approximate surface area is 262 Å². The number of allylic oxidation sites excluding steroid dienone is 19. The highest BCUT2D eigenvalue weighted by Gasteiger charge is 2.52. The molecule has 0 bridgehead atoms. The van der Waals surface area contributed by atoms with Crippen molar-refractivity contribution in [2.24, 2.45) is 16.2 Å². The van der Waals surface area contributed by atoms with Gasteiger partial charge < -0.3 is 10.2 Å². The summed E-state index contributed by atoms with van der Waals surface area (Å²) in [6.45, 7) is 20.9. The molecule has 3 heteroatoms. The van der Waals surface area contributed by atoms with Gasteiger partial charge in [-0.05, 0) is 82.8 Å². The summed E-state index contributed by atoms with van der Waals surface area (Å²) in [6, 6.07) is 0. The Kier molecular flexibility index (Phi) is 13.2. The number of rotatable bonds is 11. The van der Waals surface area contributed by atoms with Crippen molar-refractivity contribution in [3.05, 3.63) is 119 Å². The first-order valence-corrected chi connectivity index (χ1v) is 15.7. The molecule has 0 aliphatic heterocycles. The molecule has 0 unspecified atom stereocenters. The van der Waals surface area contributed by atoms with Gasteiger partial charge in [-0.3, -0.25) is 4.79 Å². The predicted octanol–water partition coefficient (Wildman–Crippen LogP) is 9.81. The fourth-order valence-electron chi connectivity index (χ4n) is 6.19. The van der Waals surface area contributed by atoms with Crippen molar-refractivity contribution < 1.29 is 15.0 Å². The fourth-order valence-corrected chi connectivity index (χ4v) is 6.19. The van der Waals surface area contributed by atoms with Gasteiger partial charge in [-0.1, -0.05) is 141 Å². The van der Waals surface area contributed by atoms with Crippen LogP contribution in [0.4, 0.5) is 0 Å². The number of aliphatic hydroxyl groups excluding tert-OH is 2. The predicted molar refractivity (Wildman–Crippen MR) is 185 cm³/mol. The van der Waals surface area contributed by atoms with Crippen LogP contribution in [0.3, 0.4) is 0 Å². The van der Waals surface area contributed by atoms with Gasteiger partial charge in [-0.2, -0.15) is 0 Å². The Bertz CT molecular complexity index is 1310. The lowest BCUT2D eigenvalue weighted by Crippen LogP contribution is -2.36. The zero-order chi connectivity index (χ0) is 32.4. The summed E-state index contributed by atoms with van der Waals surface area (Å²) in [6.07, 6.45) is 30.6. The number of hydrogen-bond donors (Lipinski definition) is 2. The largest absolute Gasteiger partial charge is 0.393 e. The molecule has 2 aliphatic rings. The van der Waals surface area contributed by atoms with E-state index >= 15 is 0 Å². The summed E-state index contributed by atoms with van der Waals surface area (Å²) in [5, 5.41) is 20.2. The molecule has 1 fully saturated rings. The van der Waals surface area contributed by atoms with Crippen LogP contribution in [0.15, 0.2) is 119 Å². The van der Waals surface area contributed by atoms with Gasteiger partial charge in [0.1, 0.15) is 0 Å². The first kappa shape index (κ1) is 36.2. The zero-order valence-electron chi connectivity index (χ0n) is 28.4. The zero-order valence-corrected chi connectivity index (χ0v) is 28.4. The smallest absolute Gasteiger partial charge is 0.162 e. The van der Waals surface area contributed by atoms with Crippen molar-refractivity contribution in [3.8, 4) is 0 Å². The van der Waals surface area contributed by atoms with Crippen LogP contribution < -0.4 is 0 Å². The average Bonchev–Trinajstić information content (AvgIpc) is 3.10. The third-order valence-corrected chi connectivity index (χ3v) is 9.18. The van der Waals surface area contributed by atoms with Crippen molar-refractivity contribution in [1.29, 1.82) is 0 Å². The summed E-state index contributed by atoms with van der Waals surface area (Å²) >= 11 is 0. The third-order valence-electron chi connectivity index (χ3n) is 9.18. The average molecular weight is 585 g/mol. The summed E-state index contributed by atoms with van der Waals surface area (Å²) in [5.41, 5.74) is 6.34. The summed E-state index contributed by atoms with van der Waals surface area (Å²) in [7, 11) is 0. The Morgan fingerprint density at radius 1 is 0.651 bits per heavy atom. The van der Waals surface area contributed by atoms with Crippen molar-refractivity contribution in [3.63, 3.8) is 0 Å². The SMILES string of the molecule is CC1=C(/C=C/C(C)=C/C=C/C(C)=C/C=C/C=C(C)/C=C/C=C(C)/C=C/C(=O)[C@@]2(C)C[C@H](O)CC2(C)C)C(C)(C)C[C@@H](O)C1. The van der Waals surface area contributed by atoms with E-state index in [0.717, 1.165) is 29.6 Å². The number of aliphatic hydroxyl groups is 2. The Balaban J connectivity index is 1.89. The highest BCUT2D eigenvalue weighted by Crippen LogP contribution is 2.53. The van der Waals surface area contributed by atoms with E-state index in [4.69, 9.17) is 0 Å². The van der Waals surface area contributed by atoms with Crippen LogP contribution in [0.25, 0.3) is 0 Å². The Morgan fingerprint density at radius 3 is 1.63 bits per heavy atom. The lowest BCUT2D eigenvalue weighted by molar-refractivity contribution is -0.127. The molecule has 1 saturated carbocycles. The van der Waals surface area contributed by atoms with Crippen LogP contribution in [-0.4, -0.2) is 28.2 Å². The third kappa shape index (κ3) is 10.9. The Hall–Kier alpha value is -3.01. The number of carbonyl (C=O) groups is 1. The van der Waals surface area contributed by atoms with E-state index < -0.39 is 11.5 Å². The highest BCUT2D eigenvalue weighted by atomic mass is 16.3. The van der Waals surface area contributed by atoms with Gasteiger partial charge in [0, 0.05) is 5.41 Å². The Morgan fingerprint density at radius 2 is 1.14 bits per heavy atom. The normalized spacial score (nSPS) is 27.7. The van der Waals surface area contributed by atoms with Crippen molar-refractivity contribution in [2.45, 2.75) is 107 Å². The van der Waals surface area contributed by atoms with Crippen molar-refractivity contribution in [2.75, 3.05) is 0 Å². The number of carbonyl (C=O) groups excluding carboxylic acids is 1. The molecule has 2 N–H and O–H groups in total. The quantitative estimate of drug-likeness (QED) is 0.188. The second-order valence-electron chi connectivity index (χ2n) is 14.2. The van der Waals surface area contributed by atoms with Gasteiger partial charge in [0.25, 0.3) is 0 Å². The first-order chi connectivity index (χ1) is 20.0. The molecule has 0 aromatic heterocycles. The maximum absolute atomic E-state index is 12.9. The minimum Gasteiger partial charge on any atom is -0.393 e. The molecule has 0 saturated heterocycles. The monoisotopic (exact) mass is 584 g/mol. The molecule has 234 valence electrons. The topological polar surface area (TPSA) is 57.5 Å². The van der Waals surface area contributed by atoms with Crippen LogP contribution >= 0.6 is 0 Å². The van der Waals surface area contributed by atoms with E-state index in [1.807, 2.05) is 50.3 Å². The van der Waals surface area contributed by atoms with Crippen LogP contribution in [0.2, 0.25) is 0 Å². The minimum absolute atomic E-state index is 0.00528. The minimum atomic E-state index is -0.532. The second kappa shape index (κ2) is 15.6. The van der Waals surface area contributed by atoms with Gasteiger partial charge in [-0.25, -0.2) is 0 Å². The number of hydrogen-bond acceptors (Lipinski definition) is 3. The van der Waals surface area contributed by atoms with Gasteiger partial charge in [0.15, 0.2) is 5.78 Å². The van der Waals surface area contributed by atoms with Gasteiger partial charge in [-0.15, -0.1) is 0 Å².